The molecule has 0 spiro atoms. The number of nitrogens with zero attached hydrogens (tertiary/aromatic N) is 2. The summed E-state index contributed by atoms with van der Waals surface area (Å²) in [7, 11) is 0. The summed E-state index contributed by atoms with van der Waals surface area (Å²) in [6.07, 6.45) is -2.74. The van der Waals surface area contributed by atoms with Crippen molar-refractivity contribution in [2.45, 2.75) is 12.6 Å². The molecule has 8 heteroatoms. The number of alkyl halides is 3. The predicted octanol–water partition coefficient (Wildman–Crippen LogP) is 3.89. The lowest BCUT2D eigenvalue weighted by molar-refractivity contribution is -0.138. The molecule has 0 radical (unpaired) electrons. The Kier molecular flexibility index (Phi) is 3.50. The predicted molar refractivity (Wildman–Crippen MR) is 94.5 cm³/mol. The van der Waals surface area contributed by atoms with Crippen LogP contribution in [-0.2, 0) is 12.6 Å². The number of aromatic amines is 1. The van der Waals surface area contributed by atoms with E-state index in [9.17, 15) is 13.2 Å². The van der Waals surface area contributed by atoms with Crippen molar-refractivity contribution in [3.05, 3.63) is 59.3 Å². The van der Waals surface area contributed by atoms with Gasteiger partial charge in [-0.05, 0) is 29.3 Å². The first kappa shape index (κ1) is 16.2. The number of anilines is 2. The molecule has 2 aromatic carbocycles. The number of halogens is 3. The molecule has 0 atom stereocenters. The fourth-order valence-corrected chi connectivity index (χ4v) is 3.27. The summed E-state index contributed by atoms with van der Waals surface area (Å²) in [6, 6.07) is 9.01. The molecule has 4 aromatic rings. The second-order valence-electron chi connectivity index (χ2n) is 6.00. The smallest absolute Gasteiger partial charge is 0.383 e. The second-order valence-corrected chi connectivity index (χ2v) is 6.00. The Balaban J connectivity index is 1.94. The number of rotatable bonds is 2. The molecule has 0 unspecified atom stereocenters. The Morgan fingerprint density at radius 3 is 2.58 bits per heavy atom. The molecule has 4 rings (SSSR count). The Morgan fingerprint density at radius 2 is 1.81 bits per heavy atom. The van der Waals surface area contributed by atoms with Gasteiger partial charge in [-0.2, -0.15) is 18.2 Å². The van der Waals surface area contributed by atoms with Crippen molar-refractivity contribution >= 4 is 33.6 Å². The number of fused-ring (bicyclic) bond motifs is 3. The van der Waals surface area contributed by atoms with Crippen molar-refractivity contribution in [2.24, 2.45) is 0 Å². The van der Waals surface area contributed by atoms with Crippen molar-refractivity contribution in [3.8, 4) is 0 Å². The van der Waals surface area contributed by atoms with Crippen molar-refractivity contribution < 1.29 is 13.2 Å². The van der Waals surface area contributed by atoms with Crippen LogP contribution in [0.1, 0.15) is 16.7 Å². The van der Waals surface area contributed by atoms with E-state index in [-0.39, 0.29) is 23.8 Å². The minimum Gasteiger partial charge on any atom is -0.383 e. The van der Waals surface area contributed by atoms with E-state index < -0.39 is 11.7 Å². The number of H-pyrrole nitrogens is 1. The first-order valence-corrected chi connectivity index (χ1v) is 7.81. The van der Waals surface area contributed by atoms with Crippen molar-refractivity contribution in [3.63, 3.8) is 0 Å². The average molecular weight is 357 g/mol. The van der Waals surface area contributed by atoms with Gasteiger partial charge in [0.2, 0.25) is 0 Å². The van der Waals surface area contributed by atoms with Crippen LogP contribution in [0.2, 0.25) is 0 Å². The third kappa shape index (κ3) is 2.59. The van der Waals surface area contributed by atoms with Crippen LogP contribution in [0.15, 0.2) is 42.6 Å². The standard InChI is InChI=1S/C18H14F3N5/c19-18(20,21)12-4-2-1-3-9(12)7-10-8-13-14(11-5-6-24-15(10)11)16(22)26-17(23)25-13/h1-6,8H,7,22H2,(H3,23,25,26). The van der Waals surface area contributed by atoms with Crippen LogP contribution < -0.4 is 11.5 Å². The molecule has 26 heavy (non-hydrogen) atoms. The van der Waals surface area contributed by atoms with E-state index in [1.807, 2.05) is 0 Å². The van der Waals surface area contributed by atoms with E-state index in [1.54, 1.807) is 24.4 Å². The van der Waals surface area contributed by atoms with Gasteiger partial charge in [0.25, 0.3) is 0 Å². The van der Waals surface area contributed by atoms with Gasteiger partial charge < -0.3 is 16.5 Å². The Morgan fingerprint density at radius 1 is 1.04 bits per heavy atom. The van der Waals surface area contributed by atoms with Crippen LogP contribution >= 0.6 is 0 Å². The highest BCUT2D eigenvalue weighted by Gasteiger charge is 2.33. The molecule has 0 aliphatic heterocycles. The van der Waals surface area contributed by atoms with E-state index in [4.69, 9.17) is 11.5 Å². The molecule has 0 saturated heterocycles. The zero-order valence-electron chi connectivity index (χ0n) is 13.4. The monoisotopic (exact) mass is 357 g/mol. The SMILES string of the molecule is Nc1nc(N)c2c(cc(Cc3ccccc3C(F)(F)F)c3nccc32)[nH]1. The number of hydrogen-bond donors (Lipinski definition) is 3. The van der Waals surface area contributed by atoms with Crippen LogP contribution in [0.3, 0.4) is 0 Å². The van der Waals surface area contributed by atoms with Gasteiger partial charge in [-0.3, -0.25) is 4.98 Å². The Hall–Kier alpha value is -3.29. The molecule has 0 aliphatic carbocycles. The molecule has 5 nitrogen and oxygen atoms in total. The molecule has 132 valence electrons. The van der Waals surface area contributed by atoms with Crippen molar-refractivity contribution in [1.29, 1.82) is 0 Å². The molecule has 0 bridgehead atoms. The summed E-state index contributed by atoms with van der Waals surface area (Å²) in [4.78, 5) is 11.2. The highest BCUT2D eigenvalue weighted by Crippen LogP contribution is 2.35. The Bertz CT molecular complexity index is 1130. The van der Waals surface area contributed by atoms with E-state index in [0.717, 1.165) is 11.5 Å². The van der Waals surface area contributed by atoms with Crippen LogP contribution in [0.4, 0.5) is 24.9 Å². The molecule has 0 aliphatic rings. The number of benzene rings is 2. The maximum atomic E-state index is 13.3. The zero-order chi connectivity index (χ0) is 18.5. The molecular weight excluding hydrogens is 343 g/mol. The second kappa shape index (κ2) is 5.62. The van der Waals surface area contributed by atoms with E-state index in [1.165, 1.54) is 12.1 Å². The molecule has 2 heterocycles. The number of nitrogen functional groups attached to an aromatic ring is 2. The van der Waals surface area contributed by atoms with E-state index >= 15 is 0 Å². The number of nitrogens with one attached hydrogen (secondary N) is 1. The normalized spacial score (nSPS) is 12.1. The quantitative estimate of drug-likeness (QED) is 0.507. The number of hydrogen-bond acceptors (Lipinski definition) is 4. The molecule has 0 amide bonds. The van der Waals surface area contributed by atoms with Crippen LogP contribution in [0.5, 0.6) is 0 Å². The molecular formula is C18H14F3N5. The fourth-order valence-electron chi connectivity index (χ4n) is 3.27. The average Bonchev–Trinajstić information content (AvgIpc) is 3.03. The van der Waals surface area contributed by atoms with Gasteiger partial charge in [-0.25, -0.2) is 0 Å². The van der Waals surface area contributed by atoms with Gasteiger partial charge >= 0.3 is 6.18 Å². The zero-order valence-corrected chi connectivity index (χ0v) is 13.4. The lowest BCUT2D eigenvalue weighted by Gasteiger charge is -2.14. The summed E-state index contributed by atoms with van der Waals surface area (Å²) >= 11 is 0. The first-order chi connectivity index (χ1) is 12.3. The van der Waals surface area contributed by atoms with Gasteiger partial charge in [0.15, 0.2) is 5.95 Å². The molecule has 0 saturated carbocycles. The third-order valence-corrected chi connectivity index (χ3v) is 4.32. The molecule has 5 N–H and O–H groups in total. The van der Waals surface area contributed by atoms with Crippen LogP contribution in [0, 0.1) is 0 Å². The molecule has 2 aromatic heterocycles. The molecule has 0 fully saturated rings. The minimum absolute atomic E-state index is 0.0785. The summed E-state index contributed by atoms with van der Waals surface area (Å²) in [5.74, 6) is 0.381. The number of nitrogens with two attached hydrogens (primary N) is 2. The lowest BCUT2D eigenvalue weighted by atomic mass is 9.96. The van der Waals surface area contributed by atoms with Gasteiger partial charge in [-0.1, -0.05) is 18.2 Å². The third-order valence-electron chi connectivity index (χ3n) is 4.32. The lowest BCUT2D eigenvalue weighted by Crippen LogP contribution is -2.09. The largest absolute Gasteiger partial charge is 0.416 e. The maximum Gasteiger partial charge on any atom is 0.416 e. The summed E-state index contributed by atoms with van der Waals surface area (Å²) in [6.45, 7) is 0. The number of aromatic nitrogens is 3. The van der Waals surface area contributed by atoms with Gasteiger partial charge in [0.05, 0.1) is 16.6 Å². The van der Waals surface area contributed by atoms with Crippen LogP contribution in [-0.4, -0.2) is 15.0 Å². The fraction of sp³-hybridized carbons (Fsp3) is 0.111. The van der Waals surface area contributed by atoms with Crippen LogP contribution in [0.25, 0.3) is 21.8 Å². The van der Waals surface area contributed by atoms with Gasteiger partial charge in [0, 0.05) is 23.4 Å². The van der Waals surface area contributed by atoms with Gasteiger partial charge in [-0.15, -0.1) is 0 Å². The maximum absolute atomic E-state index is 13.3. The Labute approximate surface area is 145 Å². The van der Waals surface area contributed by atoms with E-state index in [2.05, 4.69) is 15.0 Å². The van der Waals surface area contributed by atoms with E-state index in [0.29, 0.717) is 22.0 Å². The topological polar surface area (TPSA) is 93.6 Å². The summed E-state index contributed by atoms with van der Waals surface area (Å²) in [5.41, 5.74) is 13.1. The first-order valence-electron chi connectivity index (χ1n) is 7.81. The van der Waals surface area contributed by atoms with Crippen molar-refractivity contribution in [1.82, 2.24) is 15.0 Å². The van der Waals surface area contributed by atoms with Gasteiger partial charge in [0.1, 0.15) is 5.82 Å². The van der Waals surface area contributed by atoms with Crippen molar-refractivity contribution in [2.75, 3.05) is 11.5 Å². The summed E-state index contributed by atoms with van der Waals surface area (Å²) < 4.78 is 39.9. The highest BCUT2D eigenvalue weighted by molar-refractivity contribution is 6.11. The highest BCUT2D eigenvalue weighted by atomic mass is 19.4. The summed E-state index contributed by atoms with van der Waals surface area (Å²) in [5, 5.41) is 1.38. The minimum atomic E-state index is -4.42.